The molecule has 0 bridgehead atoms. The second kappa shape index (κ2) is 10.4. The van der Waals surface area contributed by atoms with Gasteiger partial charge in [0.2, 0.25) is 0 Å². The van der Waals surface area contributed by atoms with Gasteiger partial charge in [-0.3, -0.25) is 4.79 Å². The third kappa shape index (κ3) is 6.16. The first kappa shape index (κ1) is 23.5. The Morgan fingerprint density at radius 2 is 1.58 bits per heavy atom. The van der Waals surface area contributed by atoms with Gasteiger partial charge in [-0.25, -0.2) is 0 Å². The number of carbonyl (C=O) groups is 1. The molecule has 0 spiro atoms. The smallest absolute Gasteiger partial charge is 0.185 e. The molecule has 1 aliphatic rings. The summed E-state index contributed by atoms with van der Waals surface area (Å²) in [5.41, 5.74) is 5.26. The fraction of sp³-hybridized carbons (Fsp3) is 0.444. The molecular weight excluding hydrogens is 404 g/mol. The summed E-state index contributed by atoms with van der Waals surface area (Å²) in [4.78, 5) is 12.8. The van der Waals surface area contributed by atoms with Crippen LogP contribution in [0.2, 0.25) is 0 Å². The summed E-state index contributed by atoms with van der Waals surface area (Å²) in [6.45, 7) is 9.86. The molecule has 3 rings (SSSR count). The first-order valence-corrected chi connectivity index (χ1v) is 12.1. The highest BCUT2D eigenvalue weighted by Crippen LogP contribution is 2.34. The molecule has 0 aromatic heterocycles. The van der Waals surface area contributed by atoms with Crippen molar-refractivity contribution < 1.29 is 14.6 Å². The Morgan fingerprint density at radius 1 is 1.00 bits per heavy atom. The minimum absolute atomic E-state index is 0.0363. The molecule has 4 heteroatoms. The van der Waals surface area contributed by atoms with E-state index in [1.54, 1.807) is 12.2 Å². The number of ether oxygens (including phenoxy) is 1. The highest BCUT2D eigenvalue weighted by atomic mass is 32.2. The standard InChI is InChI=1S/C27H34O3S/c1-17-13-22(14-18(2)26(17)29)11-12-25(28)23-15-19(3)27(20(4)16-23)30-21(5)31-24-9-7-6-8-10-24/h11-16,21,24,29H,6-10H2,1-5H3/b12-11+. The molecule has 1 atom stereocenters. The van der Waals surface area contributed by atoms with E-state index in [0.29, 0.717) is 16.6 Å². The Bertz CT molecular complexity index is 924. The Morgan fingerprint density at radius 3 is 2.16 bits per heavy atom. The van der Waals surface area contributed by atoms with Gasteiger partial charge in [0.25, 0.3) is 0 Å². The lowest BCUT2D eigenvalue weighted by molar-refractivity contribution is 0.104. The lowest BCUT2D eigenvalue weighted by Gasteiger charge is -2.25. The predicted molar refractivity (Wildman–Crippen MR) is 131 cm³/mol. The largest absolute Gasteiger partial charge is 0.507 e. The zero-order valence-corrected chi connectivity index (χ0v) is 20.1. The zero-order valence-electron chi connectivity index (χ0n) is 19.3. The average Bonchev–Trinajstić information content (AvgIpc) is 2.73. The van der Waals surface area contributed by atoms with Gasteiger partial charge in [0.1, 0.15) is 16.9 Å². The van der Waals surface area contributed by atoms with E-state index >= 15 is 0 Å². The number of allylic oxidation sites excluding steroid dienone is 1. The molecule has 1 saturated carbocycles. The maximum atomic E-state index is 12.8. The topological polar surface area (TPSA) is 46.5 Å². The van der Waals surface area contributed by atoms with Crippen LogP contribution < -0.4 is 4.74 Å². The summed E-state index contributed by atoms with van der Waals surface area (Å²) in [5.74, 6) is 1.16. The van der Waals surface area contributed by atoms with E-state index in [1.165, 1.54) is 32.1 Å². The number of aryl methyl sites for hydroxylation is 4. The lowest BCUT2D eigenvalue weighted by atomic mass is 10.0. The third-order valence-corrected chi connectivity index (χ3v) is 7.24. The summed E-state index contributed by atoms with van der Waals surface area (Å²) in [5, 5.41) is 10.6. The van der Waals surface area contributed by atoms with E-state index < -0.39 is 0 Å². The van der Waals surface area contributed by atoms with Crippen molar-refractivity contribution in [1.82, 2.24) is 0 Å². The van der Waals surface area contributed by atoms with Crippen LogP contribution in [0.4, 0.5) is 0 Å². The molecule has 2 aromatic carbocycles. The van der Waals surface area contributed by atoms with Crippen LogP contribution in [0.25, 0.3) is 6.08 Å². The van der Waals surface area contributed by atoms with Crippen molar-refractivity contribution in [2.75, 3.05) is 0 Å². The SMILES string of the molecule is Cc1cc(/C=C/C(=O)c2cc(C)c(OC(C)SC3CCCCC3)c(C)c2)cc(C)c1O. The van der Waals surface area contributed by atoms with Crippen molar-refractivity contribution in [3.05, 3.63) is 63.7 Å². The lowest BCUT2D eigenvalue weighted by Crippen LogP contribution is -2.17. The number of benzene rings is 2. The van der Waals surface area contributed by atoms with Gasteiger partial charge in [0.15, 0.2) is 5.78 Å². The van der Waals surface area contributed by atoms with Gasteiger partial charge in [-0.15, -0.1) is 11.8 Å². The number of rotatable bonds is 7. The molecule has 1 aliphatic carbocycles. The minimum Gasteiger partial charge on any atom is -0.507 e. The second-order valence-electron chi connectivity index (χ2n) is 8.72. The van der Waals surface area contributed by atoms with E-state index in [0.717, 1.165) is 33.6 Å². The molecule has 2 aromatic rings. The molecule has 0 radical (unpaired) electrons. The van der Waals surface area contributed by atoms with Crippen LogP contribution in [0.3, 0.4) is 0 Å². The van der Waals surface area contributed by atoms with Crippen molar-refractivity contribution in [3.63, 3.8) is 0 Å². The molecule has 1 N–H and O–H groups in total. The van der Waals surface area contributed by atoms with Crippen LogP contribution in [0.15, 0.2) is 30.3 Å². The number of hydrogen-bond donors (Lipinski definition) is 1. The summed E-state index contributed by atoms with van der Waals surface area (Å²) in [7, 11) is 0. The Labute approximate surface area is 190 Å². The van der Waals surface area contributed by atoms with Crippen LogP contribution in [0.5, 0.6) is 11.5 Å². The average molecular weight is 439 g/mol. The fourth-order valence-corrected chi connectivity index (χ4v) is 5.60. The summed E-state index contributed by atoms with van der Waals surface area (Å²) >= 11 is 1.93. The molecule has 1 fully saturated rings. The first-order chi connectivity index (χ1) is 14.7. The molecule has 0 saturated heterocycles. The Balaban J connectivity index is 1.69. The molecule has 3 nitrogen and oxygen atoms in total. The normalized spacial score (nSPS) is 15.9. The molecular formula is C27H34O3S. The number of hydrogen-bond acceptors (Lipinski definition) is 4. The summed E-state index contributed by atoms with van der Waals surface area (Å²) < 4.78 is 6.29. The van der Waals surface area contributed by atoms with E-state index in [-0.39, 0.29) is 11.2 Å². The number of aromatic hydroxyl groups is 1. The highest BCUT2D eigenvalue weighted by molar-refractivity contribution is 8.00. The maximum Gasteiger partial charge on any atom is 0.185 e. The van der Waals surface area contributed by atoms with Crippen molar-refractivity contribution in [2.45, 2.75) is 77.4 Å². The number of phenolic OH excluding ortho intramolecular Hbond substituents is 1. The quantitative estimate of drug-likeness (QED) is 0.280. The van der Waals surface area contributed by atoms with E-state index in [2.05, 4.69) is 6.92 Å². The van der Waals surface area contributed by atoms with Crippen LogP contribution in [-0.4, -0.2) is 21.6 Å². The van der Waals surface area contributed by atoms with Crippen molar-refractivity contribution in [1.29, 1.82) is 0 Å². The van der Waals surface area contributed by atoms with Crippen molar-refractivity contribution >= 4 is 23.6 Å². The predicted octanol–water partition coefficient (Wildman–Crippen LogP) is 7.31. The summed E-state index contributed by atoms with van der Waals surface area (Å²) in [6.07, 6.45) is 10.0. The monoisotopic (exact) mass is 438 g/mol. The maximum absolute atomic E-state index is 12.8. The van der Waals surface area contributed by atoms with Gasteiger partial charge >= 0.3 is 0 Å². The van der Waals surface area contributed by atoms with Gasteiger partial charge < -0.3 is 9.84 Å². The van der Waals surface area contributed by atoms with Gasteiger partial charge in [-0.2, -0.15) is 0 Å². The third-order valence-electron chi connectivity index (χ3n) is 5.91. The molecule has 1 unspecified atom stereocenters. The second-order valence-corrected chi connectivity index (χ2v) is 10.3. The zero-order chi connectivity index (χ0) is 22.5. The van der Waals surface area contributed by atoms with Gasteiger partial charge in [-0.05, 0) is 106 Å². The van der Waals surface area contributed by atoms with Crippen LogP contribution in [0.1, 0.15) is 77.2 Å². The van der Waals surface area contributed by atoms with E-state index in [1.807, 2.05) is 63.7 Å². The molecule has 31 heavy (non-hydrogen) atoms. The minimum atomic E-state index is -0.0363. The number of ketones is 1. The number of thioether (sulfide) groups is 1. The Hall–Kier alpha value is -2.20. The van der Waals surface area contributed by atoms with Gasteiger partial charge in [-0.1, -0.05) is 25.3 Å². The molecule has 0 amide bonds. The van der Waals surface area contributed by atoms with Crippen LogP contribution >= 0.6 is 11.8 Å². The molecule has 0 aliphatic heterocycles. The Kier molecular flexibility index (Phi) is 7.88. The first-order valence-electron chi connectivity index (χ1n) is 11.2. The fourth-order valence-electron chi connectivity index (χ4n) is 4.30. The van der Waals surface area contributed by atoms with Crippen LogP contribution in [-0.2, 0) is 0 Å². The molecule has 0 heterocycles. The number of phenols is 1. The van der Waals surface area contributed by atoms with Gasteiger partial charge in [0, 0.05) is 10.8 Å². The van der Waals surface area contributed by atoms with Crippen LogP contribution in [0, 0.1) is 27.7 Å². The van der Waals surface area contributed by atoms with Crippen molar-refractivity contribution in [2.24, 2.45) is 0 Å². The number of carbonyl (C=O) groups excluding carboxylic acids is 1. The summed E-state index contributed by atoms with van der Waals surface area (Å²) in [6, 6.07) is 7.59. The van der Waals surface area contributed by atoms with E-state index in [4.69, 9.17) is 4.74 Å². The van der Waals surface area contributed by atoms with E-state index in [9.17, 15) is 9.90 Å². The molecule has 166 valence electrons. The van der Waals surface area contributed by atoms with Crippen molar-refractivity contribution in [3.8, 4) is 11.5 Å². The van der Waals surface area contributed by atoms with Gasteiger partial charge in [0.05, 0.1) is 0 Å². The highest BCUT2D eigenvalue weighted by Gasteiger charge is 2.19.